The van der Waals surface area contributed by atoms with Crippen LogP contribution in [0.4, 0.5) is 0 Å². The second kappa shape index (κ2) is 21.1. The summed E-state index contributed by atoms with van der Waals surface area (Å²) in [6.45, 7) is 1.32. The molecule has 0 heterocycles. The van der Waals surface area contributed by atoms with Crippen molar-refractivity contribution < 1.29 is 37.5 Å². The van der Waals surface area contributed by atoms with Gasteiger partial charge in [0.2, 0.25) is 0 Å². The topological polar surface area (TPSA) is 17.1 Å². The van der Waals surface area contributed by atoms with Crippen LogP contribution in [0.3, 0.4) is 0 Å². The average Bonchev–Trinajstić information content (AvgIpc) is 0.918. The third-order valence-electron chi connectivity index (χ3n) is 0. The summed E-state index contributed by atoms with van der Waals surface area (Å²) >= 11 is 0. The first-order valence-corrected chi connectivity index (χ1v) is 0.704. The van der Waals surface area contributed by atoms with Gasteiger partial charge in [-0.3, -0.25) is 6.29 Å². The fraction of sp³-hybridized carbons (Fsp3) is 0.500. The van der Waals surface area contributed by atoms with Gasteiger partial charge in [-0.2, -0.15) is 6.92 Å². The quantitative estimate of drug-likeness (QED) is 0.337. The van der Waals surface area contributed by atoms with Crippen LogP contribution in [0, 0.1) is 0 Å². The Morgan fingerprint density at radius 1 is 1.60 bits per heavy atom. The van der Waals surface area contributed by atoms with Gasteiger partial charge in [0.15, 0.2) is 0 Å². The van der Waals surface area contributed by atoms with E-state index in [9.17, 15) is 0 Å². The maximum Gasteiger partial charge on any atom is 0 e. The normalized spacial score (nSPS) is 2.60. The Morgan fingerprint density at radius 2 is 1.60 bits per heavy atom. The van der Waals surface area contributed by atoms with Gasteiger partial charge in [0.1, 0.15) is 0 Å². The Morgan fingerprint density at radius 3 is 1.60 bits per heavy atom. The maximum absolute atomic E-state index is 8.68. The summed E-state index contributed by atoms with van der Waals surface area (Å²) in [7, 11) is 0. The number of hydrogen-bond acceptors (Lipinski definition) is 1. The first-order valence-electron chi connectivity index (χ1n) is 0.704. The smallest absolute Gasteiger partial charge is 0 e. The molecule has 0 bridgehead atoms. The first kappa shape index (κ1) is 17.0. The molecule has 0 saturated carbocycles. The Bertz CT molecular complexity index is 17.1. The molecule has 4 radical (unpaired) electrons. The van der Waals surface area contributed by atoms with Crippen LogP contribution in [-0.2, 0) is 37.5 Å². The third-order valence-corrected chi connectivity index (χ3v) is 0. The van der Waals surface area contributed by atoms with Crippen molar-refractivity contribution in [2.45, 2.75) is 6.92 Å². The van der Waals surface area contributed by atoms with Gasteiger partial charge in [0.25, 0.3) is 0 Å². The molecule has 5 heavy (non-hydrogen) atoms. The van der Waals surface area contributed by atoms with Gasteiger partial charge in [0.05, 0.1) is 0 Å². The molecular formula is C2H3BOY-. The molecule has 0 aromatic rings. The van der Waals surface area contributed by atoms with E-state index in [1.807, 2.05) is 0 Å². The van der Waals surface area contributed by atoms with E-state index in [4.69, 9.17) is 4.79 Å². The molecule has 0 amide bonds. The predicted octanol–water partition coefficient (Wildman–Crippen LogP) is -0.267. The first-order chi connectivity index (χ1) is 1.41. The van der Waals surface area contributed by atoms with E-state index in [1.165, 1.54) is 13.2 Å². The fourth-order valence-electron chi connectivity index (χ4n) is 0. The van der Waals surface area contributed by atoms with Crippen molar-refractivity contribution in [3.8, 4) is 0 Å². The van der Waals surface area contributed by atoms with Gasteiger partial charge in [-0.1, -0.05) is 0 Å². The molecule has 1 nitrogen and oxygen atoms in total. The molecule has 0 fully saturated rings. The number of carbonyl (C=O) groups excluding carboxylic acids is 1. The van der Waals surface area contributed by atoms with Crippen molar-refractivity contribution in [2.24, 2.45) is 0 Å². The average molecular weight is 143 g/mol. The Kier molecular flexibility index (Phi) is 71.6. The molecular weight excluding hydrogens is 140 g/mol. The zero-order valence-corrected chi connectivity index (χ0v) is 5.90. The van der Waals surface area contributed by atoms with Crippen LogP contribution in [-0.4, -0.2) is 14.7 Å². The standard InChI is InChI=1S/C2H3O.B.Y/c1-2-3;;/h1H3;;/q-1;;. The molecule has 0 aliphatic rings. The summed E-state index contributed by atoms with van der Waals surface area (Å²) in [5.41, 5.74) is 0. The minimum absolute atomic E-state index is 0. The molecule has 0 aliphatic carbocycles. The van der Waals surface area contributed by atoms with Gasteiger partial charge < -0.3 is 4.79 Å². The second-order valence-electron chi connectivity index (χ2n) is 0.204. The molecule has 0 saturated heterocycles. The minimum atomic E-state index is 0. The van der Waals surface area contributed by atoms with Crippen LogP contribution in [0.2, 0.25) is 0 Å². The van der Waals surface area contributed by atoms with Crippen molar-refractivity contribution in [3.05, 3.63) is 0 Å². The Balaban J connectivity index is -0.0000000200. The van der Waals surface area contributed by atoms with Crippen LogP contribution in [0.1, 0.15) is 6.92 Å². The largest absolute Gasteiger partial charge is 0.542 e. The van der Waals surface area contributed by atoms with Crippen LogP contribution in [0.5, 0.6) is 0 Å². The van der Waals surface area contributed by atoms with E-state index in [0.29, 0.717) is 0 Å². The molecule has 3 heteroatoms. The van der Waals surface area contributed by atoms with E-state index in [0.717, 1.165) is 0 Å². The molecule has 0 atom stereocenters. The van der Waals surface area contributed by atoms with Crippen molar-refractivity contribution in [2.75, 3.05) is 0 Å². The molecule has 0 aromatic carbocycles. The van der Waals surface area contributed by atoms with E-state index in [2.05, 4.69) is 0 Å². The summed E-state index contributed by atoms with van der Waals surface area (Å²) < 4.78 is 0. The van der Waals surface area contributed by atoms with E-state index < -0.39 is 0 Å². The van der Waals surface area contributed by atoms with Crippen molar-refractivity contribution >= 4 is 14.7 Å². The molecule has 24 valence electrons. The van der Waals surface area contributed by atoms with E-state index >= 15 is 0 Å². The Labute approximate surface area is 59.0 Å². The van der Waals surface area contributed by atoms with E-state index in [1.54, 1.807) is 0 Å². The van der Waals surface area contributed by atoms with Crippen molar-refractivity contribution in [1.82, 2.24) is 0 Å². The molecule has 0 aliphatic heterocycles. The molecule has 0 spiro atoms. The third kappa shape index (κ3) is 55.4. The Hall–Kier alpha value is 0.839. The monoisotopic (exact) mass is 143 g/mol. The SMILES string of the molecule is C[C-]=O.[B].[Y]. The zero-order chi connectivity index (χ0) is 2.71. The fourth-order valence-corrected chi connectivity index (χ4v) is 0. The molecule has 0 N–H and O–H groups in total. The van der Waals surface area contributed by atoms with Gasteiger partial charge in [-0.25, -0.2) is 0 Å². The van der Waals surface area contributed by atoms with Gasteiger partial charge in [-0.05, 0) is 0 Å². The van der Waals surface area contributed by atoms with Gasteiger partial charge in [-0.15, -0.1) is 0 Å². The van der Waals surface area contributed by atoms with Crippen molar-refractivity contribution in [3.63, 3.8) is 0 Å². The zero-order valence-electron chi connectivity index (χ0n) is 3.06. The predicted molar refractivity (Wildman–Crippen MR) is 17.1 cm³/mol. The summed E-state index contributed by atoms with van der Waals surface area (Å²) in [5, 5.41) is 0. The molecule has 0 aromatic heterocycles. The van der Waals surface area contributed by atoms with Gasteiger partial charge >= 0.3 is 0 Å². The summed E-state index contributed by atoms with van der Waals surface area (Å²) in [6.07, 6.45) is 1.50. The minimum Gasteiger partial charge on any atom is -0.542 e. The summed E-state index contributed by atoms with van der Waals surface area (Å²) in [6, 6.07) is 0. The van der Waals surface area contributed by atoms with Gasteiger partial charge in [0, 0.05) is 41.1 Å². The number of hydrogen-bond donors (Lipinski definition) is 0. The molecule has 0 unspecified atom stereocenters. The van der Waals surface area contributed by atoms with Crippen LogP contribution < -0.4 is 0 Å². The summed E-state index contributed by atoms with van der Waals surface area (Å²) in [4.78, 5) is 8.68. The van der Waals surface area contributed by atoms with E-state index in [-0.39, 0.29) is 41.1 Å². The number of rotatable bonds is 0. The van der Waals surface area contributed by atoms with Crippen LogP contribution in [0.15, 0.2) is 0 Å². The van der Waals surface area contributed by atoms with Crippen LogP contribution >= 0.6 is 0 Å². The van der Waals surface area contributed by atoms with Crippen molar-refractivity contribution in [1.29, 1.82) is 0 Å². The second-order valence-corrected chi connectivity index (χ2v) is 0.204. The summed E-state index contributed by atoms with van der Waals surface area (Å²) in [5.74, 6) is 0. The maximum atomic E-state index is 8.68. The van der Waals surface area contributed by atoms with Crippen LogP contribution in [0.25, 0.3) is 0 Å². The molecule has 0 rings (SSSR count).